The van der Waals surface area contributed by atoms with Crippen LogP contribution in [0.25, 0.3) is 0 Å². The Bertz CT molecular complexity index is 489. The van der Waals surface area contributed by atoms with Crippen LogP contribution in [0, 0.1) is 0 Å². The molecule has 1 aromatic rings. The van der Waals surface area contributed by atoms with Gasteiger partial charge in [-0.3, -0.25) is 0 Å². The van der Waals surface area contributed by atoms with Gasteiger partial charge in [0.1, 0.15) is 0 Å². The molecule has 0 fully saturated rings. The van der Waals surface area contributed by atoms with Crippen molar-refractivity contribution in [3.05, 3.63) is 24.3 Å². The Morgan fingerprint density at radius 3 is 2.26 bits per heavy atom. The van der Waals surface area contributed by atoms with Gasteiger partial charge in [0.2, 0.25) is 9.84 Å². The molecule has 1 aromatic carbocycles. The molecule has 1 rings (SSSR count). The highest BCUT2D eigenvalue weighted by molar-refractivity contribution is 7.91. The van der Waals surface area contributed by atoms with Crippen molar-refractivity contribution in [1.82, 2.24) is 0 Å². The largest absolute Gasteiger partial charge is 0.382 e. The van der Waals surface area contributed by atoms with E-state index < -0.39 is 15.6 Å². The number of hydrogen-bond acceptors (Lipinski definition) is 4. The van der Waals surface area contributed by atoms with Gasteiger partial charge < -0.3 is 11.1 Å². The molecule has 0 heterocycles. The Morgan fingerprint density at radius 2 is 1.84 bits per heavy atom. The zero-order valence-corrected chi connectivity index (χ0v) is 11.5. The van der Waals surface area contributed by atoms with Crippen LogP contribution in [0.1, 0.15) is 19.8 Å². The number of rotatable bonds is 7. The highest BCUT2D eigenvalue weighted by Gasteiger charge is 2.26. The van der Waals surface area contributed by atoms with Gasteiger partial charge in [0, 0.05) is 11.7 Å². The Kier molecular flexibility index (Phi) is 5.68. The van der Waals surface area contributed by atoms with E-state index in [0.29, 0.717) is 12.2 Å². The lowest BCUT2D eigenvalue weighted by atomic mass is 10.1. The summed E-state index contributed by atoms with van der Waals surface area (Å²) in [6.07, 6.45) is 1.65. The number of halogens is 2. The van der Waals surface area contributed by atoms with E-state index in [2.05, 4.69) is 5.32 Å². The molecule has 19 heavy (non-hydrogen) atoms. The van der Waals surface area contributed by atoms with Gasteiger partial charge in [-0.1, -0.05) is 6.92 Å². The van der Waals surface area contributed by atoms with Gasteiger partial charge in [-0.2, -0.15) is 8.78 Å². The number of anilines is 1. The molecular weight excluding hydrogens is 274 g/mol. The molecule has 0 aromatic heterocycles. The van der Waals surface area contributed by atoms with Crippen molar-refractivity contribution in [3.8, 4) is 0 Å². The van der Waals surface area contributed by atoms with E-state index in [1.54, 1.807) is 0 Å². The van der Waals surface area contributed by atoms with Crippen molar-refractivity contribution in [2.24, 2.45) is 5.73 Å². The Labute approximate surface area is 111 Å². The van der Waals surface area contributed by atoms with Gasteiger partial charge in [-0.25, -0.2) is 8.42 Å². The summed E-state index contributed by atoms with van der Waals surface area (Å²) in [6, 6.07) is 5.50. The molecule has 3 N–H and O–H groups in total. The van der Waals surface area contributed by atoms with Crippen LogP contribution in [-0.2, 0) is 9.84 Å². The fraction of sp³-hybridized carbons (Fsp3) is 0.500. The minimum Gasteiger partial charge on any atom is -0.382 e. The quantitative estimate of drug-likeness (QED) is 0.808. The van der Waals surface area contributed by atoms with Crippen LogP contribution in [0.3, 0.4) is 0 Å². The second kappa shape index (κ2) is 6.81. The average molecular weight is 292 g/mol. The SMILES string of the molecule is CCC(CCN)Nc1ccc(S(=O)(=O)C(F)F)cc1. The van der Waals surface area contributed by atoms with Crippen molar-refractivity contribution in [1.29, 1.82) is 0 Å². The van der Waals surface area contributed by atoms with Crippen molar-refractivity contribution >= 4 is 15.5 Å². The van der Waals surface area contributed by atoms with Crippen molar-refractivity contribution in [2.45, 2.75) is 36.5 Å². The molecule has 7 heteroatoms. The predicted octanol–water partition coefficient (Wildman–Crippen LogP) is 2.22. The van der Waals surface area contributed by atoms with Gasteiger partial charge in [0.05, 0.1) is 4.90 Å². The summed E-state index contributed by atoms with van der Waals surface area (Å²) in [5.74, 6) is -3.40. The number of hydrogen-bond donors (Lipinski definition) is 2. The maximum atomic E-state index is 12.3. The lowest BCUT2D eigenvalue weighted by Gasteiger charge is -2.17. The maximum absolute atomic E-state index is 12.3. The molecule has 1 atom stereocenters. The molecule has 0 spiro atoms. The van der Waals surface area contributed by atoms with Gasteiger partial charge >= 0.3 is 5.76 Å². The fourth-order valence-corrected chi connectivity index (χ4v) is 2.38. The second-order valence-corrected chi connectivity index (χ2v) is 6.07. The number of nitrogens with one attached hydrogen (secondary N) is 1. The number of sulfone groups is 1. The monoisotopic (exact) mass is 292 g/mol. The van der Waals surface area contributed by atoms with E-state index in [9.17, 15) is 17.2 Å². The lowest BCUT2D eigenvalue weighted by Crippen LogP contribution is -2.22. The van der Waals surface area contributed by atoms with E-state index >= 15 is 0 Å². The standard InChI is InChI=1S/C12H18F2N2O2S/c1-2-9(7-8-15)16-10-3-5-11(6-4-10)19(17,18)12(13)14/h3-6,9,12,16H,2,7-8,15H2,1H3. The minimum atomic E-state index is -4.52. The summed E-state index contributed by atoms with van der Waals surface area (Å²) in [7, 11) is -4.52. The van der Waals surface area contributed by atoms with Gasteiger partial charge in [-0.15, -0.1) is 0 Å². The molecular formula is C12H18F2N2O2S. The summed E-state index contributed by atoms with van der Waals surface area (Å²) in [5.41, 5.74) is 6.16. The fourth-order valence-electron chi connectivity index (χ4n) is 1.66. The minimum absolute atomic E-state index is 0.183. The molecule has 0 aliphatic rings. The van der Waals surface area contributed by atoms with Crippen molar-refractivity contribution < 1.29 is 17.2 Å². The number of benzene rings is 1. The van der Waals surface area contributed by atoms with Crippen LogP contribution in [0.2, 0.25) is 0 Å². The molecule has 4 nitrogen and oxygen atoms in total. The van der Waals surface area contributed by atoms with E-state index in [0.717, 1.165) is 12.8 Å². The molecule has 0 amide bonds. The molecule has 108 valence electrons. The van der Waals surface area contributed by atoms with Gasteiger partial charge in [-0.05, 0) is 43.7 Å². The second-order valence-electron chi connectivity index (χ2n) is 4.16. The van der Waals surface area contributed by atoms with Gasteiger partial charge in [0.25, 0.3) is 0 Å². The molecule has 0 radical (unpaired) electrons. The first-order valence-electron chi connectivity index (χ1n) is 6.00. The Balaban J connectivity index is 2.82. The van der Waals surface area contributed by atoms with E-state index in [1.165, 1.54) is 24.3 Å². The normalized spacial score (nSPS) is 13.5. The summed E-state index contributed by atoms with van der Waals surface area (Å²) in [4.78, 5) is -0.375. The lowest BCUT2D eigenvalue weighted by molar-refractivity contribution is 0.234. The first-order valence-corrected chi connectivity index (χ1v) is 7.55. The van der Waals surface area contributed by atoms with Crippen LogP contribution in [0.15, 0.2) is 29.2 Å². The predicted molar refractivity (Wildman–Crippen MR) is 71.0 cm³/mol. The van der Waals surface area contributed by atoms with Crippen molar-refractivity contribution in [2.75, 3.05) is 11.9 Å². The Morgan fingerprint density at radius 1 is 1.26 bits per heavy atom. The van der Waals surface area contributed by atoms with Crippen LogP contribution >= 0.6 is 0 Å². The van der Waals surface area contributed by atoms with Crippen molar-refractivity contribution in [3.63, 3.8) is 0 Å². The third-order valence-corrected chi connectivity index (χ3v) is 4.19. The van der Waals surface area contributed by atoms with Gasteiger partial charge in [0.15, 0.2) is 0 Å². The first kappa shape index (κ1) is 15.8. The van der Waals surface area contributed by atoms with E-state index in [-0.39, 0.29) is 10.9 Å². The van der Waals surface area contributed by atoms with E-state index in [4.69, 9.17) is 5.73 Å². The third kappa shape index (κ3) is 4.14. The average Bonchev–Trinajstić information content (AvgIpc) is 2.38. The van der Waals surface area contributed by atoms with Crippen LogP contribution in [0.5, 0.6) is 0 Å². The van der Waals surface area contributed by atoms with E-state index in [1.807, 2.05) is 6.92 Å². The van der Waals surface area contributed by atoms with Crippen LogP contribution in [-0.4, -0.2) is 26.8 Å². The maximum Gasteiger partial charge on any atom is 0.341 e. The number of nitrogens with two attached hydrogens (primary N) is 1. The zero-order valence-electron chi connectivity index (χ0n) is 10.6. The summed E-state index contributed by atoms with van der Waals surface area (Å²) < 4.78 is 47.2. The highest BCUT2D eigenvalue weighted by Crippen LogP contribution is 2.21. The first-order chi connectivity index (χ1) is 8.91. The summed E-state index contributed by atoms with van der Waals surface area (Å²) >= 11 is 0. The third-order valence-electron chi connectivity index (χ3n) is 2.80. The van der Waals surface area contributed by atoms with Crippen LogP contribution < -0.4 is 11.1 Å². The molecule has 0 saturated heterocycles. The molecule has 0 saturated carbocycles. The molecule has 1 unspecified atom stereocenters. The highest BCUT2D eigenvalue weighted by atomic mass is 32.2. The topological polar surface area (TPSA) is 72.2 Å². The molecule has 0 aliphatic carbocycles. The summed E-state index contributed by atoms with van der Waals surface area (Å²) in [6.45, 7) is 2.55. The smallest absolute Gasteiger partial charge is 0.341 e. The Hall–Kier alpha value is -1.21. The number of alkyl halides is 2. The summed E-state index contributed by atoms with van der Waals surface area (Å²) in [5, 5.41) is 3.18. The van der Waals surface area contributed by atoms with Crippen LogP contribution in [0.4, 0.5) is 14.5 Å². The zero-order chi connectivity index (χ0) is 14.5. The molecule has 0 bridgehead atoms. The molecule has 0 aliphatic heterocycles.